The highest BCUT2D eigenvalue weighted by Crippen LogP contribution is 2.19. The predicted molar refractivity (Wildman–Crippen MR) is 80.6 cm³/mol. The van der Waals surface area contributed by atoms with Gasteiger partial charge < -0.3 is 21.1 Å². The van der Waals surface area contributed by atoms with Gasteiger partial charge in [-0.3, -0.25) is 9.78 Å². The summed E-state index contributed by atoms with van der Waals surface area (Å²) in [7, 11) is 0. The van der Waals surface area contributed by atoms with Crippen molar-refractivity contribution in [3.8, 4) is 0 Å². The monoisotopic (exact) mass is 348 g/mol. The summed E-state index contributed by atoms with van der Waals surface area (Å²) in [6.45, 7) is 5.97. The SMILES string of the molecule is Cc1nc(CC(N)=O)ccc1N1CCNCC1.O=C(O)C(F)(F)F. The van der Waals surface area contributed by atoms with Gasteiger partial charge in [-0.05, 0) is 19.1 Å². The van der Waals surface area contributed by atoms with Gasteiger partial charge in [-0.2, -0.15) is 13.2 Å². The molecule has 7 nitrogen and oxygen atoms in total. The number of aryl methyl sites for hydroxylation is 1. The van der Waals surface area contributed by atoms with Gasteiger partial charge in [0.15, 0.2) is 0 Å². The van der Waals surface area contributed by atoms with E-state index in [1.54, 1.807) is 0 Å². The molecule has 1 saturated heterocycles. The first-order valence-electron chi connectivity index (χ1n) is 7.12. The third kappa shape index (κ3) is 6.41. The summed E-state index contributed by atoms with van der Waals surface area (Å²) in [6, 6.07) is 3.92. The van der Waals surface area contributed by atoms with Crippen molar-refractivity contribution >= 4 is 17.6 Å². The van der Waals surface area contributed by atoms with Crippen LogP contribution in [-0.2, 0) is 16.0 Å². The molecule has 0 aromatic carbocycles. The maximum Gasteiger partial charge on any atom is 0.490 e. The average Bonchev–Trinajstić information content (AvgIpc) is 2.47. The lowest BCUT2D eigenvalue weighted by molar-refractivity contribution is -0.192. The number of carbonyl (C=O) groups excluding carboxylic acids is 1. The van der Waals surface area contributed by atoms with Gasteiger partial charge in [0.2, 0.25) is 5.91 Å². The molecule has 0 aliphatic carbocycles. The number of nitrogens with zero attached hydrogens (tertiary/aromatic N) is 2. The maximum absolute atomic E-state index is 10.8. The van der Waals surface area contributed by atoms with E-state index in [0.717, 1.165) is 43.3 Å². The number of nitrogens with one attached hydrogen (secondary N) is 1. The predicted octanol–water partition coefficient (Wildman–Crippen LogP) is 0.461. The van der Waals surface area contributed by atoms with E-state index in [0.29, 0.717) is 0 Å². The number of piperazine rings is 1. The van der Waals surface area contributed by atoms with Crippen molar-refractivity contribution in [2.75, 3.05) is 31.1 Å². The zero-order valence-electron chi connectivity index (χ0n) is 13.1. The molecule has 4 N–H and O–H groups in total. The van der Waals surface area contributed by atoms with Gasteiger partial charge in [0.05, 0.1) is 23.5 Å². The minimum absolute atomic E-state index is 0.211. The minimum atomic E-state index is -5.08. The second kappa shape index (κ2) is 8.48. The highest BCUT2D eigenvalue weighted by molar-refractivity contribution is 5.76. The number of amides is 1. The lowest BCUT2D eigenvalue weighted by Crippen LogP contribution is -2.43. The summed E-state index contributed by atoms with van der Waals surface area (Å²) < 4.78 is 31.7. The summed E-state index contributed by atoms with van der Waals surface area (Å²) in [6.07, 6.45) is -4.87. The number of carboxylic acids is 1. The van der Waals surface area contributed by atoms with E-state index in [9.17, 15) is 18.0 Å². The highest BCUT2D eigenvalue weighted by Gasteiger charge is 2.38. The van der Waals surface area contributed by atoms with E-state index in [4.69, 9.17) is 15.6 Å². The third-order valence-electron chi connectivity index (χ3n) is 3.17. The molecule has 2 heterocycles. The Morgan fingerprint density at radius 1 is 1.33 bits per heavy atom. The van der Waals surface area contributed by atoms with Crippen LogP contribution < -0.4 is 16.0 Å². The molecule has 1 aliphatic rings. The first kappa shape index (κ1) is 19.7. The number of alkyl halides is 3. The van der Waals surface area contributed by atoms with Crippen molar-refractivity contribution in [1.29, 1.82) is 0 Å². The number of primary amides is 1. The fourth-order valence-electron chi connectivity index (χ4n) is 2.12. The highest BCUT2D eigenvalue weighted by atomic mass is 19.4. The van der Waals surface area contributed by atoms with Crippen LogP contribution in [0, 0.1) is 6.92 Å². The lowest BCUT2D eigenvalue weighted by atomic mass is 10.2. The van der Waals surface area contributed by atoms with E-state index < -0.39 is 12.1 Å². The molecular formula is C14H19F3N4O3. The van der Waals surface area contributed by atoms with Gasteiger partial charge >= 0.3 is 12.1 Å². The van der Waals surface area contributed by atoms with Crippen molar-refractivity contribution in [3.63, 3.8) is 0 Å². The maximum atomic E-state index is 10.8. The number of pyridine rings is 1. The molecule has 0 spiro atoms. The van der Waals surface area contributed by atoms with Crippen LogP contribution in [0.15, 0.2) is 12.1 Å². The zero-order valence-corrected chi connectivity index (χ0v) is 13.1. The molecule has 0 radical (unpaired) electrons. The Bertz CT molecular complexity index is 587. The summed E-state index contributed by atoms with van der Waals surface area (Å²) in [5, 5.41) is 10.4. The van der Waals surface area contributed by atoms with E-state index >= 15 is 0 Å². The molecule has 134 valence electrons. The third-order valence-corrected chi connectivity index (χ3v) is 3.17. The number of anilines is 1. The lowest BCUT2D eigenvalue weighted by Gasteiger charge is -2.30. The van der Waals surface area contributed by atoms with Crippen LogP contribution in [0.1, 0.15) is 11.4 Å². The van der Waals surface area contributed by atoms with Crippen LogP contribution in [-0.4, -0.2) is 54.3 Å². The van der Waals surface area contributed by atoms with Crippen LogP contribution in [0.25, 0.3) is 0 Å². The number of nitrogens with two attached hydrogens (primary N) is 1. The van der Waals surface area contributed by atoms with Crippen LogP contribution in [0.4, 0.5) is 18.9 Å². The molecule has 0 saturated carbocycles. The first-order chi connectivity index (χ1) is 11.1. The van der Waals surface area contributed by atoms with Crippen LogP contribution in [0.2, 0.25) is 0 Å². The first-order valence-corrected chi connectivity index (χ1v) is 7.12. The Labute approximate surface area is 136 Å². The Morgan fingerprint density at radius 3 is 2.29 bits per heavy atom. The second-order valence-electron chi connectivity index (χ2n) is 5.09. The van der Waals surface area contributed by atoms with Crippen molar-refractivity contribution in [3.05, 3.63) is 23.5 Å². The molecule has 2 rings (SSSR count). The summed E-state index contributed by atoms with van der Waals surface area (Å²) in [4.78, 5) is 26.5. The largest absolute Gasteiger partial charge is 0.490 e. The normalized spacial score (nSPS) is 14.6. The molecule has 10 heteroatoms. The van der Waals surface area contributed by atoms with Gasteiger partial charge in [0.25, 0.3) is 0 Å². The van der Waals surface area contributed by atoms with Crippen molar-refractivity contribution in [2.45, 2.75) is 19.5 Å². The molecule has 1 aliphatic heterocycles. The Kier molecular flexibility index (Phi) is 6.96. The number of aromatic nitrogens is 1. The van der Waals surface area contributed by atoms with Gasteiger partial charge in [-0.1, -0.05) is 0 Å². The van der Waals surface area contributed by atoms with Crippen molar-refractivity contribution in [1.82, 2.24) is 10.3 Å². The molecule has 0 unspecified atom stereocenters. The van der Waals surface area contributed by atoms with Gasteiger partial charge in [0, 0.05) is 26.2 Å². The van der Waals surface area contributed by atoms with E-state index in [2.05, 4.69) is 15.2 Å². The second-order valence-corrected chi connectivity index (χ2v) is 5.09. The smallest absolute Gasteiger partial charge is 0.475 e. The minimum Gasteiger partial charge on any atom is -0.475 e. The number of halogens is 3. The van der Waals surface area contributed by atoms with E-state index in [1.165, 1.54) is 0 Å². The van der Waals surface area contributed by atoms with E-state index in [1.807, 2.05) is 19.1 Å². The quantitative estimate of drug-likeness (QED) is 0.732. The molecule has 1 aromatic heterocycles. The van der Waals surface area contributed by atoms with Crippen LogP contribution in [0.3, 0.4) is 0 Å². The van der Waals surface area contributed by atoms with Crippen molar-refractivity contribution < 1.29 is 27.9 Å². The number of aliphatic carboxylic acids is 1. The molecule has 1 amide bonds. The summed E-state index contributed by atoms with van der Waals surface area (Å²) in [5.74, 6) is -3.10. The number of hydrogen-bond donors (Lipinski definition) is 3. The standard InChI is InChI=1S/C12H18N4O.C2HF3O2/c1-9-11(16-6-4-14-5-7-16)3-2-10(15-9)8-12(13)17;3-2(4,5)1(6)7/h2-3,14H,4-8H2,1H3,(H2,13,17);(H,6,7). The average molecular weight is 348 g/mol. The van der Waals surface area contributed by atoms with Gasteiger partial charge in [-0.15, -0.1) is 0 Å². The molecule has 0 bridgehead atoms. The summed E-state index contributed by atoms with van der Waals surface area (Å²) in [5.41, 5.74) is 8.02. The number of rotatable bonds is 3. The van der Waals surface area contributed by atoms with Gasteiger partial charge in [-0.25, -0.2) is 4.79 Å². The molecule has 1 fully saturated rings. The molecular weight excluding hydrogens is 329 g/mol. The summed E-state index contributed by atoms with van der Waals surface area (Å²) >= 11 is 0. The van der Waals surface area contributed by atoms with Gasteiger partial charge in [0.1, 0.15) is 0 Å². The molecule has 1 aromatic rings. The fourth-order valence-corrected chi connectivity index (χ4v) is 2.12. The zero-order chi connectivity index (χ0) is 18.3. The molecule has 24 heavy (non-hydrogen) atoms. The number of carboxylic acid groups (broad SMARTS) is 1. The van der Waals surface area contributed by atoms with Crippen LogP contribution in [0.5, 0.6) is 0 Å². The Morgan fingerprint density at radius 2 is 1.88 bits per heavy atom. The number of carbonyl (C=O) groups is 2. The Hall–Kier alpha value is -2.36. The topological polar surface area (TPSA) is 109 Å². The van der Waals surface area contributed by atoms with E-state index in [-0.39, 0.29) is 12.3 Å². The molecule has 0 atom stereocenters. The Balaban J connectivity index is 0.000000351. The van der Waals surface area contributed by atoms with Crippen LogP contribution >= 0.6 is 0 Å². The fraction of sp³-hybridized carbons (Fsp3) is 0.500. The van der Waals surface area contributed by atoms with Crippen molar-refractivity contribution in [2.24, 2.45) is 5.73 Å². The number of hydrogen-bond acceptors (Lipinski definition) is 5.